The fraction of sp³-hybridized carbons (Fsp3) is 0.0909. The summed E-state index contributed by atoms with van der Waals surface area (Å²) in [4.78, 5) is 0. The number of hydrogen-bond acceptors (Lipinski definition) is 3. The lowest BCUT2D eigenvalue weighted by Gasteiger charge is -2.01. The van der Waals surface area contributed by atoms with Crippen LogP contribution in [0.3, 0.4) is 0 Å². The zero-order valence-corrected chi connectivity index (χ0v) is 7.72. The molecule has 0 fully saturated rings. The molecule has 70 valence electrons. The highest BCUT2D eigenvalue weighted by molar-refractivity contribution is 5.62. The normalized spacial score (nSPS) is 10.1. The Morgan fingerprint density at radius 1 is 1.07 bits per heavy atom. The minimum absolute atomic E-state index is 0.424. The van der Waals surface area contributed by atoms with Crippen molar-refractivity contribution >= 4 is 0 Å². The van der Waals surface area contributed by atoms with Crippen molar-refractivity contribution in [3.8, 4) is 11.1 Å². The van der Waals surface area contributed by atoms with Gasteiger partial charge in [0, 0.05) is 12.1 Å². The second-order valence-electron chi connectivity index (χ2n) is 3.01. The lowest BCUT2D eigenvalue weighted by atomic mass is 10.1. The van der Waals surface area contributed by atoms with Gasteiger partial charge >= 0.3 is 0 Å². The first-order valence-corrected chi connectivity index (χ1v) is 4.47. The fourth-order valence-corrected chi connectivity index (χ4v) is 1.30. The van der Waals surface area contributed by atoms with Crippen LogP contribution in [0.1, 0.15) is 5.69 Å². The van der Waals surface area contributed by atoms with Gasteiger partial charge in [0.15, 0.2) is 0 Å². The van der Waals surface area contributed by atoms with Crippen LogP contribution in [0.5, 0.6) is 0 Å². The van der Waals surface area contributed by atoms with Crippen LogP contribution >= 0.6 is 0 Å². The summed E-state index contributed by atoms with van der Waals surface area (Å²) in [6, 6.07) is 12.0. The number of nitrogens with zero attached hydrogens (tertiary/aromatic N) is 2. The molecular weight excluding hydrogens is 174 g/mol. The molecule has 14 heavy (non-hydrogen) atoms. The van der Waals surface area contributed by atoms with E-state index in [4.69, 9.17) is 5.73 Å². The van der Waals surface area contributed by atoms with Gasteiger partial charge in [0.2, 0.25) is 0 Å². The smallest absolute Gasteiger partial charge is 0.0772 e. The Bertz CT molecular complexity index is 412. The molecule has 0 unspecified atom stereocenters. The third kappa shape index (κ3) is 1.78. The standard InChI is InChI=1S/C11H11N3/c12-7-11-6-10(8-13-14-11)9-4-2-1-3-5-9/h1-6,8H,7,12H2. The van der Waals surface area contributed by atoms with Gasteiger partial charge in [-0.15, -0.1) is 0 Å². The summed E-state index contributed by atoms with van der Waals surface area (Å²) in [5.74, 6) is 0. The second-order valence-corrected chi connectivity index (χ2v) is 3.01. The van der Waals surface area contributed by atoms with Crippen molar-refractivity contribution in [3.63, 3.8) is 0 Å². The Hall–Kier alpha value is -1.74. The molecule has 0 atom stereocenters. The monoisotopic (exact) mass is 185 g/mol. The van der Waals surface area contributed by atoms with Crippen LogP contribution in [0, 0.1) is 0 Å². The molecule has 2 rings (SSSR count). The van der Waals surface area contributed by atoms with E-state index >= 15 is 0 Å². The quantitative estimate of drug-likeness (QED) is 0.773. The largest absolute Gasteiger partial charge is 0.325 e. The summed E-state index contributed by atoms with van der Waals surface area (Å²) in [7, 11) is 0. The first kappa shape index (κ1) is 8.84. The molecule has 1 heterocycles. The van der Waals surface area contributed by atoms with E-state index in [1.54, 1.807) is 6.20 Å². The Kier molecular flexibility index (Phi) is 2.51. The predicted octanol–water partition coefficient (Wildman–Crippen LogP) is 1.60. The molecule has 1 aromatic heterocycles. The third-order valence-electron chi connectivity index (χ3n) is 2.02. The van der Waals surface area contributed by atoms with Crippen molar-refractivity contribution in [1.29, 1.82) is 0 Å². The molecule has 1 aromatic carbocycles. The highest BCUT2D eigenvalue weighted by atomic mass is 15.1. The maximum Gasteiger partial charge on any atom is 0.0772 e. The van der Waals surface area contributed by atoms with Gasteiger partial charge < -0.3 is 5.73 Å². The summed E-state index contributed by atoms with van der Waals surface area (Å²) in [6.07, 6.45) is 1.74. The molecule has 0 saturated heterocycles. The maximum absolute atomic E-state index is 5.49. The summed E-state index contributed by atoms with van der Waals surface area (Å²) >= 11 is 0. The van der Waals surface area contributed by atoms with Crippen LogP contribution in [0.15, 0.2) is 42.6 Å². The van der Waals surface area contributed by atoms with Gasteiger partial charge in [-0.25, -0.2) is 0 Å². The van der Waals surface area contributed by atoms with E-state index in [0.29, 0.717) is 6.54 Å². The average molecular weight is 185 g/mol. The number of hydrogen-bond donors (Lipinski definition) is 1. The maximum atomic E-state index is 5.49. The Morgan fingerprint density at radius 2 is 1.86 bits per heavy atom. The van der Waals surface area contributed by atoms with Crippen molar-refractivity contribution in [2.45, 2.75) is 6.54 Å². The topological polar surface area (TPSA) is 51.8 Å². The Morgan fingerprint density at radius 3 is 2.57 bits per heavy atom. The van der Waals surface area contributed by atoms with E-state index in [1.807, 2.05) is 36.4 Å². The SMILES string of the molecule is NCc1cc(-c2ccccc2)cnn1. The fourth-order valence-electron chi connectivity index (χ4n) is 1.30. The molecule has 3 heteroatoms. The molecule has 2 N–H and O–H groups in total. The van der Waals surface area contributed by atoms with Crippen LogP contribution in [-0.2, 0) is 6.54 Å². The minimum Gasteiger partial charge on any atom is -0.325 e. The Balaban J connectivity index is 2.42. The van der Waals surface area contributed by atoms with Gasteiger partial charge in [0.25, 0.3) is 0 Å². The number of aromatic nitrogens is 2. The highest BCUT2D eigenvalue weighted by Gasteiger charge is 1.98. The van der Waals surface area contributed by atoms with E-state index in [1.165, 1.54) is 0 Å². The van der Waals surface area contributed by atoms with E-state index in [9.17, 15) is 0 Å². The molecular formula is C11H11N3. The molecule has 0 aliphatic rings. The molecule has 0 aliphatic heterocycles. The summed E-state index contributed by atoms with van der Waals surface area (Å²) < 4.78 is 0. The zero-order chi connectivity index (χ0) is 9.80. The van der Waals surface area contributed by atoms with Gasteiger partial charge in [-0.2, -0.15) is 10.2 Å². The van der Waals surface area contributed by atoms with Gasteiger partial charge in [-0.1, -0.05) is 30.3 Å². The van der Waals surface area contributed by atoms with Crippen LogP contribution < -0.4 is 5.73 Å². The van der Waals surface area contributed by atoms with Crippen molar-refractivity contribution in [2.24, 2.45) is 5.73 Å². The van der Waals surface area contributed by atoms with Crippen molar-refractivity contribution in [1.82, 2.24) is 10.2 Å². The van der Waals surface area contributed by atoms with Crippen molar-refractivity contribution in [3.05, 3.63) is 48.3 Å². The minimum atomic E-state index is 0.424. The molecule has 0 saturated carbocycles. The lowest BCUT2D eigenvalue weighted by Crippen LogP contribution is -2.00. The average Bonchev–Trinajstić information content (AvgIpc) is 2.30. The highest BCUT2D eigenvalue weighted by Crippen LogP contribution is 2.17. The summed E-state index contributed by atoms with van der Waals surface area (Å²) in [5.41, 5.74) is 8.50. The number of rotatable bonds is 2. The summed E-state index contributed by atoms with van der Waals surface area (Å²) in [5, 5.41) is 7.81. The first-order chi connectivity index (χ1) is 6.90. The molecule has 0 aliphatic carbocycles. The molecule has 0 bridgehead atoms. The van der Waals surface area contributed by atoms with Crippen molar-refractivity contribution in [2.75, 3.05) is 0 Å². The molecule has 0 amide bonds. The van der Waals surface area contributed by atoms with E-state index in [2.05, 4.69) is 10.2 Å². The number of nitrogens with two attached hydrogens (primary N) is 1. The van der Waals surface area contributed by atoms with E-state index in [-0.39, 0.29) is 0 Å². The zero-order valence-electron chi connectivity index (χ0n) is 7.72. The third-order valence-corrected chi connectivity index (χ3v) is 2.02. The predicted molar refractivity (Wildman–Crippen MR) is 55.4 cm³/mol. The summed E-state index contributed by atoms with van der Waals surface area (Å²) in [6.45, 7) is 0.424. The Labute approximate surface area is 82.6 Å². The van der Waals surface area contributed by atoms with Gasteiger partial charge in [-0.05, 0) is 11.6 Å². The first-order valence-electron chi connectivity index (χ1n) is 4.47. The van der Waals surface area contributed by atoms with Crippen LogP contribution in [-0.4, -0.2) is 10.2 Å². The molecule has 0 spiro atoms. The van der Waals surface area contributed by atoms with Crippen LogP contribution in [0.25, 0.3) is 11.1 Å². The van der Waals surface area contributed by atoms with E-state index in [0.717, 1.165) is 16.8 Å². The van der Waals surface area contributed by atoms with E-state index < -0.39 is 0 Å². The molecule has 3 nitrogen and oxygen atoms in total. The van der Waals surface area contributed by atoms with Crippen LogP contribution in [0.4, 0.5) is 0 Å². The van der Waals surface area contributed by atoms with Gasteiger partial charge in [0.05, 0.1) is 11.9 Å². The van der Waals surface area contributed by atoms with Crippen molar-refractivity contribution < 1.29 is 0 Å². The van der Waals surface area contributed by atoms with Crippen LogP contribution in [0.2, 0.25) is 0 Å². The second kappa shape index (κ2) is 3.98. The molecule has 0 radical (unpaired) electrons. The lowest BCUT2D eigenvalue weighted by molar-refractivity contribution is 0.900. The number of benzene rings is 1. The molecule has 2 aromatic rings. The van der Waals surface area contributed by atoms with Gasteiger partial charge in [0.1, 0.15) is 0 Å². The van der Waals surface area contributed by atoms with Gasteiger partial charge in [-0.3, -0.25) is 0 Å².